The third-order valence-corrected chi connectivity index (χ3v) is 5.85. The molecule has 0 aromatic heterocycles. The first kappa shape index (κ1) is 20.3. The van der Waals surface area contributed by atoms with Crippen LogP contribution in [-0.2, 0) is 14.3 Å². The molecule has 1 aliphatic rings. The molecule has 28 heavy (non-hydrogen) atoms. The number of carbonyl (C=O) groups is 2. The minimum Gasteiger partial charge on any atom is -0.467 e. The van der Waals surface area contributed by atoms with E-state index in [0.717, 1.165) is 5.56 Å². The summed E-state index contributed by atoms with van der Waals surface area (Å²) in [5.74, 6) is -0.369. The van der Waals surface area contributed by atoms with Crippen LogP contribution in [0.3, 0.4) is 0 Å². The van der Waals surface area contributed by atoms with E-state index in [1.807, 2.05) is 36.4 Å². The highest BCUT2D eigenvalue weighted by molar-refractivity contribution is 8.26. The van der Waals surface area contributed by atoms with Crippen molar-refractivity contribution in [3.63, 3.8) is 0 Å². The number of benzene rings is 2. The lowest BCUT2D eigenvalue weighted by Crippen LogP contribution is -2.37. The second-order valence-corrected chi connectivity index (χ2v) is 8.39. The van der Waals surface area contributed by atoms with Gasteiger partial charge < -0.3 is 4.74 Å². The highest BCUT2D eigenvalue weighted by atomic mass is 32.2. The lowest BCUT2D eigenvalue weighted by molar-refractivity contribution is -0.148. The third kappa shape index (κ3) is 4.18. The summed E-state index contributed by atoms with van der Waals surface area (Å²) in [6.07, 6.45) is 1.81. The first-order valence-electron chi connectivity index (χ1n) is 8.92. The van der Waals surface area contributed by atoms with Crippen molar-refractivity contribution in [2.45, 2.75) is 25.8 Å². The second kappa shape index (κ2) is 8.71. The molecule has 1 atom stereocenters. The maximum Gasteiger partial charge on any atom is 0.333 e. The molecule has 2 aromatic rings. The smallest absolute Gasteiger partial charge is 0.333 e. The lowest BCUT2D eigenvalue weighted by atomic mass is 10.0. The summed E-state index contributed by atoms with van der Waals surface area (Å²) in [7, 11) is 1.31. The van der Waals surface area contributed by atoms with Gasteiger partial charge in [0.2, 0.25) is 0 Å². The molecule has 1 heterocycles. The van der Waals surface area contributed by atoms with Crippen LogP contribution in [0.2, 0.25) is 0 Å². The van der Waals surface area contributed by atoms with E-state index in [4.69, 9.17) is 17.0 Å². The largest absolute Gasteiger partial charge is 0.467 e. The monoisotopic (exact) mass is 411 g/mol. The molecule has 0 saturated carbocycles. The zero-order chi connectivity index (χ0) is 20.3. The third-order valence-electron chi connectivity index (χ3n) is 4.52. The molecule has 1 unspecified atom stereocenters. The number of rotatable bonds is 5. The van der Waals surface area contributed by atoms with E-state index in [0.29, 0.717) is 20.7 Å². The lowest BCUT2D eigenvalue weighted by Gasteiger charge is -2.24. The standard InChI is InChI=1S/C22H21NO3S2/c1-14(2)16-11-9-15(10-12-16)13-18-20(24)23(22(27)28-18)19(21(25)26-3)17-7-5-4-6-8-17/h4-14,19H,1-3H3/b18-13+. The SMILES string of the molecule is COC(=O)C(c1ccccc1)N1C(=O)/C(=C\c2ccc(C(C)C)cc2)SC1=S. The van der Waals surface area contributed by atoms with Gasteiger partial charge in [0, 0.05) is 0 Å². The molecule has 1 aliphatic heterocycles. The highest BCUT2D eigenvalue weighted by Gasteiger charge is 2.41. The van der Waals surface area contributed by atoms with E-state index in [2.05, 4.69) is 26.0 Å². The van der Waals surface area contributed by atoms with Crippen LogP contribution in [0.15, 0.2) is 59.5 Å². The molecular weight excluding hydrogens is 390 g/mol. The van der Waals surface area contributed by atoms with Crippen molar-refractivity contribution in [3.8, 4) is 0 Å². The average Bonchev–Trinajstić information content (AvgIpc) is 2.97. The number of thiocarbonyl (C=S) groups is 1. The van der Waals surface area contributed by atoms with Crippen molar-refractivity contribution in [2.75, 3.05) is 7.11 Å². The Morgan fingerprint density at radius 1 is 1.07 bits per heavy atom. The van der Waals surface area contributed by atoms with E-state index in [1.54, 1.807) is 12.1 Å². The fourth-order valence-corrected chi connectivity index (χ4v) is 4.28. The van der Waals surface area contributed by atoms with E-state index < -0.39 is 12.0 Å². The molecule has 2 aromatic carbocycles. The van der Waals surface area contributed by atoms with Crippen LogP contribution in [-0.4, -0.2) is 28.2 Å². The predicted octanol–water partition coefficient (Wildman–Crippen LogP) is 4.93. The topological polar surface area (TPSA) is 46.6 Å². The van der Waals surface area contributed by atoms with E-state index in [-0.39, 0.29) is 5.91 Å². The summed E-state index contributed by atoms with van der Waals surface area (Å²) >= 11 is 6.63. The number of esters is 1. The van der Waals surface area contributed by atoms with E-state index in [9.17, 15) is 9.59 Å². The predicted molar refractivity (Wildman–Crippen MR) is 117 cm³/mol. The maximum absolute atomic E-state index is 13.1. The van der Waals surface area contributed by atoms with Gasteiger partial charge in [-0.2, -0.15) is 0 Å². The molecule has 0 radical (unpaired) electrons. The number of amides is 1. The number of nitrogens with zero attached hydrogens (tertiary/aromatic N) is 1. The van der Waals surface area contributed by atoms with Gasteiger partial charge >= 0.3 is 5.97 Å². The first-order chi connectivity index (χ1) is 13.4. The van der Waals surface area contributed by atoms with E-state index >= 15 is 0 Å². The van der Waals surface area contributed by atoms with Crippen molar-refractivity contribution < 1.29 is 14.3 Å². The maximum atomic E-state index is 13.1. The summed E-state index contributed by atoms with van der Waals surface area (Å²) in [6, 6.07) is 16.2. The van der Waals surface area contributed by atoms with Crippen molar-refractivity contribution in [2.24, 2.45) is 0 Å². The van der Waals surface area contributed by atoms with Gasteiger partial charge in [0.15, 0.2) is 6.04 Å². The molecule has 3 rings (SSSR count). The molecule has 0 spiro atoms. The summed E-state index contributed by atoms with van der Waals surface area (Å²) in [5, 5.41) is 0. The Balaban J connectivity index is 1.92. The Bertz CT molecular complexity index is 921. The van der Waals surface area contributed by atoms with Gasteiger partial charge in [0.1, 0.15) is 4.32 Å². The van der Waals surface area contributed by atoms with Crippen LogP contribution in [0, 0.1) is 0 Å². The van der Waals surface area contributed by atoms with Crippen LogP contribution >= 0.6 is 24.0 Å². The second-order valence-electron chi connectivity index (χ2n) is 6.71. The Morgan fingerprint density at radius 2 is 1.71 bits per heavy atom. The van der Waals surface area contributed by atoms with Gasteiger partial charge in [-0.15, -0.1) is 0 Å². The molecule has 144 valence electrons. The molecule has 0 N–H and O–H groups in total. The number of hydrogen-bond acceptors (Lipinski definition) is 5. The highest BCUT2D eigenvalue weighted by Crippen LogP contribution is 2.38. The number of carbonyl (C=O) groups excluding carboxylic acids is 2. The molecule has 4 nitrogen and oxygen atoms in total. The van der Waals surface area contributed by atoms with Crippen molar-refractivity contribution in [3.05, 3.63) is 76.2 Å². The van der Waals surface area contributed by atoms with Gasteiger partial charge in [-0.1, -0.05) is 92.4 Å². The molecule has 1 saturated heterocycles. The molecule has 0 aliphatic carbocycles. The minimum atomic E-state index is -0.895. The zero-order valence-electron chi connectivity index (χ0n) is 15.9. The molecule has 0 bridgehead atoms. The van der Waals surface area contributed by atoms with Gasteiger partial charge in [0.05, 0.1) is 12.0 Å². The molecule has 1 amide bonds. The van der Waals surface area contributed by atoms with Crippen LogP contribution in [0.4, 0.5) is 0 Å². The summed E-state index contributed by atoms with van der Waals surface area (Å²) in [4.78, 5) is 27.4. The summed E-state index contributed by atoms with van der Waals surface area (Å²) in [6.45, 7) is 4.27. The molecular formula is C22H21NO3S2. The van der Waals surface area contributed by atoms with Crippen LogP contribution in [0.5, 0.6) is 0 Å². The Morgan fingerprint density at radius 3 is 2.29 bits per heavy atom. The Labute approximate surface area is 174 Å². The van der Waals surface area contributed by atoms with Crippen LogP contribution in [0.25, 0.3) is 6.08 Å². The van der Waals surface area contributed by atoms with Crippen molar-refractivity contribution in [1.29, 1.82) is 0 Å². The zero-order valence-corrected chi connectivity index (χ0v) is 17.5. The van der Waals surface area contributed by atoms with Crippen LogP contribution < -0.4 is 0 Å². The Hall–Kier alpha value is -2.44. The summed E-state index contributed by atoms with van der Waals surface area (Å²) < 4.78 is 5.29. The van der Waals surface area contributed by atoms with Gasteiger partial charge in [0.25, 0.3) is 5.91 Å². The fraction of sp³-hybridized carbons (Fsp3) is 0.227. The normalized spacial score (nSPS) is 16.7. The number of methoxy groups -OCH3 is 1. The molecule has 1 fully saturated rings. The van der Waals surface area contributed by atoms with Gasteiger partial charge in [-0.25, -0.2) is 4.79 Å². The number of thioether (sulfide) groups is 1. The Kier molecular flexibility index (Phi) is 6.31. The van der Waals surface area contributed by atoms with Gasteiger partial charge in [-0.05, 0) is 28.7 Å². The minimum absolute atomic E-state index is 0.290. The van der Waals surface area contributed by atoms with Gasteiger partial charge in [-0.3, -0.25) is 9.69 Å². The van der Waals surface area contributed by atoms with Crippen molar-refractivity contribution in [1.82, 2.24) is 4.90 Å². The fourth-order valence-electron chi connectivity index (χ4n) is 2.97. The quantitative estimate of drug-likeness (QED) is 0.397. The van der Waals surface area contributed by atoms with E-state index in [1.165, 1.54) is 29.3 Å². The molecule has 6 heteroatoms. The summed E-state index contributed by atoms with van der Waals surface area (Å²) in [5.41, 5.74) is 2.81. The number of ether oxygens (including phenoxy) is 1. The first-order valence-corrected chi connectivity index (χ1v) is 10.1. The van der Waals surface area contributed by atoms with Crippen molar-refractivity contribution >= 4 is 46.3 Å². The van der Waals surface area contributed by atoms with Crippen LogP contribution in [0.1, 0.15) is 42.5 Å². The number of hydrogen-bond donors (Lipinski definition) is 0. The average molecular weight is 412 g/mol.